The SMILES string of the molecule is Cc1ccc(C(=O)c2ccc(C(=O)C(C)(C)O)cc2)c(C)c1. The van der Waals surface area contributed by atoms with Gasteiger partial charge >= 0.3 is 0 Å². The first-order valence-corrected chi connectivity index (χ1v) is 7.19. The van der Waals surface area contributed by atoms with E-state index in [-0.39, 0.29) is 11.6 Å². The Morgan fingerprint density at radius 1 is 0.909 bits per heavy atom. The number of benzene rings is 2. The quantitative estimate of drug-likeness (QED) is 0.879. The predicted octanol–water partition coefficient (Wildman–Crippen LogP) is 3.49. The summed E-state index contributed by atoms with van der Waals surface area (Å²) in [5, 5.41) is 9.74. The van der Waals surface area contributed by atoms with E-state index in [0.29, 0.717) is 16.7 Å². The summed E-state index contributed by atoms with van der Waals surface area (Å²) in [6.07, 6.45) is 0. The van der Waals surface area contributed by atoms with Crippen molar-refractivity contribution in [3.8, 4) is 0 Å². The first-order valence-electron chi connectivity index (χ1n) is 7.19. The predicted molar refractivity (Wildman–Crippen MR) is 86.4 cm³/mol. The van der Waals surface area contributed by atoms with Crippen LogP contribution in [0.2, 0.25) is 0 Å². The van der Waals surface area contributed by atoms with Crippen LogP contribution in [0.3, 0.4) is 0 Å². The van der Waals surface area contributed by atoms with Crippen LogP contribution in [0.1, 0.15) is 51.3 Å². The van der Waals surface area contributed by atoms with E-state index in [1.807, 2.05) is 32.0 Å². The number of ketones is 2. The lowest BCUT2D eigenvalue weighted by atomic mass is 9.93. The molecule has 0 aliphatic heterocycles. The summed E-state index contributed by atoms with van der Waals surface area (Å²) in [5.74, 6) is -0.433. The average molecular weight is 296 g/mol. The molecule has 114 valence electrons. The maximum atomic E-state index is 12.5. The molecular formula is C19H20O3. The van der Waals surface area contributed by atoms with E-state index in [9.17, 15) is 14.7 Å². The summed E-state index contributed by atoms with van der Waals surface area (Å²) in [5.41, 5.74) is 2.21. The average Bonchev–Trinajstić information content (AvgIpc) is 2.45. The Kier molecular flexibility index (Phi) is 4.29. The van der Waals surface area contributed by atoms with E-state index in [1.54, 1.807) is 24.3 Å². The van der Waals surface area contributed by atoms with Crippen LogP contribution in [0, 0.1) is 13.8 Å². The van der Waals surface area contributed by atoms with Crippen LogP contribution in [-0.4, -0.2) is 22.3 Å². The van der Waals surface area contributed by atoms with Crippen LogP contribution in [-0.2, 0) is 0 Å². The largest absolute Gasteiger partial charge is 0.382 e. The van der Waals surface area contributed by atoms with Gasteiger partial charge in [0, 0.05) is 16.7 Å². The summed E-state index contributed by atoms with van der Waals surface area (Å²) < 4.78 is 0. The lowest BCUT2D eigenvalue weighted by Gasteiger charge is -2.15. The molecule has 0 spiro atoms. The Morgan fingerprint density at radius 3 is 1.95 bits per heavy atom. The van der Waals surface area contributed by atoms with Crippen LogP contribution < -0.4 is 0 Å². The third kappa shape index (κ3) is 3.31. The van der Waals surface area contributed by atoms with Crippen molar-refractivity contribution in [1.29, 1.82) is 0 Å². The monoisotopic (exact) mass is 296 g/mol. The minimum atomic E-state index is -1.42. The third-order valence-corrected chi connectivity index (χ3v) is 3.59. The number of hydrogen-bond donors (Lipinski definition) is 1. The van der Waals surface area contributed by atoms with Gasteiger partial charge < -0.3 is 5.11 Å². The first kappa shape index (κ1) is 16.1. The zero-order chi connectivity index (χ0) is 16.5. The second-order valence-electron chi connectivity index (χ2n) is 6.11. The molecule has 0 heterocycles. The Balaban J connectivity index is 2.31. The van der Waals surface area contributed by atoms with Gasteiger partial charge in [-0.25, -0.2) is 0 Å². The minimum Gasteiger partial charge on any atom is -0.382 e. The van der Waals surface area contributed by atoms with Gasteiger partial charge in [-0.1, -0.05) is 48.0 Å². The van der Waals surface area contributed by atoms with Gasteiger partial charge in [-0.05, 0) is 33.3 Å². The molecule has 2 rings (SSSR count). The van der Waals surface area contributed by atoms with Gasteiger partial charge in [-0.15, -0.1) is 0 Å². The van der Waals surface area contributed by atoms with E-state index in [1.165, 1.54) is 13.8 Å². The number of Topliss-reactive ketones (excluding diaryl/α,β-unsaturated/α-hetero) is 1. The molecule has 22 heavy (non-hydrogen) atoms. The van der Waals surface area contributed by atoms with Crippen LogP contribution in [0.25, 0.3) is 0 Å². The highest BCUT2D eigenvalue weighted by atomic mass is 16.3. The molecular weight excluding hydrogens is 276 g/mol. The smallest absolute Gasteiger partial charge is 0.193 e. The fraction of sp³-hybridized carbons (Fsp3) is 0.263. The molecule has 2 aromatic rings. The van der Waals surface area contributed by atoms with E-state index in [4.69, 9.17) is 0 Å². The standard InChI is InChI=1S/C19H20O3/c1-12-5-10-16(13(2)11-12)17(20)14-6-8-15(9-7-14)18(21)19(3,4)22/h5-11,22H,1-4H3. The van der Waals surface area contributed by atoms with Crippen LogP contribution in [0.15, 0.2) is 42.5 Å². The first-order chi connectivity index (χ1) is 10.2. The second-order valence-corrected chi connectivity index (χ2v) is 6.11. The molecule has 0 bridgehead atoms. The van der Waals surface area contributed by atoms with Gasteiger partial charge in [-0.3, -0.25) is 9.59 Å². The number of aryl methyl sites for hydroxylation is 2. The fourth-order valence-electron chi connectivity index (χ4n) is 2.35. The van der Waals surface area contributed by atoms with Crippen molar-refractivity contribution in [2.75, 3.05) is 0 Å². The number of hydrogen-bond acceptors (Lipinski definition) is 3. The topological polar surface area (TPSA) is 54.4 Å². The lowest BCUT2D eigenvalue weighted by molar-refractivity contribution is 0.0488. The molecule has 1 N–H and O–H groups in total. The van der Waals surface area contributed by atoms with E-state index < -0.39 is 5.60 Å². The zero-order valence-corrected chi connectivity index (χ0v) is 13.3. The molecule has 3 heteroatoms. The van der Waals surface area contributed by atoms with Crippen LogP contribution in [0.4, 0.5) is 0 Å². The maximum absolute atomic E-state index is 12.5. The molecule has 3 nitrogen and oxygen atoms in total. The molecule has 0 atom stereocenters. The van der Waals surface area contributed by atoms with Crippen molar-refractivity contribution in [3.05, 3.63) is 70.3 Å². The summed E-state index contributed by atoms with van der Waals surface area (Å²) in [6, 6.07) is 12.1. The molecule has 0 unspecified atom stereocenters. The Morgan fingerprint density at radius 2 is 1.45 bits per heavy atom. The van der Waals surface area contributed by atoms with Gasteiger partial charge in [0.1, 0.15) is 5.60 Å². The zero-order valence-electron chi connectivity index (χ0n) is 13.3. The van der Waals surface area contributed by atoms with Gasteiger partial charge in [0.05, 0.1) is 0 Å². The van der Waals surface area contributed by atoms with Crippen molar-refractivity contribution in [3.63, 3.8) is 0 Å². The summed E-state index contributed by atoms with van der Waals surface area (Å²) in [4.78, 5) is 24.5. The molecule has 0 amide bonds. The molecule has 0 aliphatic rings. The fourth-order valence-corrected chi connectivity index (χ4v) is 2.35. The highest BCUT2D eigenvalue weighted by Gasteiger charge is 2.25. The van der Waals surface area contributed by atoms with E-state index in [2.05, 4.69) is 0 Å². The number of aliphatic hydroxyl groups is 1. The number of carbonyl (C=O) groups excluding carboxylic acids is 2. The minimum absolute atomic E-state index is 0.0697. The van der Waals surface area contributed by atoms with Gasteiger partial charge in [0.2, 0.25) is 0 Å². The van der Waals surface area contributed by atoms with Crippen molar-refractivity contribution < 1.29 is 14.7 Å². The maximum Gasteiger partial charge on any atom is 0.193 e. The number of carbonyl (C=O) groups is 2. The Bertz CT molecular complexity index is 719. The van der Waals surface area contributed by atoms with Crippen molar-refractivity contribution in [2.24, 2.45) is 0 Å². The molecule has 2 aromatic carbocycles. The summed E-state index contributed by atoms with van der Waals surface area (Å²) in [7, 11) is 0. The normalized spacial score (nSPS) is 11.3. The van der Waals surface area contributed by atoms with Crippen molar-refractivity contribution in [2.45, 2.75) is 33.3 Å². The molecule has 0 radical (unpaired) electrons. The summed E-state index contributed by atoms with van der Waals surface area (Å²) >= 11 is 0. The second kappa shape index (κ2) is 5.85. The van der Waals surface area contributed by atoms with E-state index >= 15 is 0 Å². The molecule has 0 saturated heterocycles. The van der Waals surface area contributed by atoms with Gasteiger partial charge in [0.25, 0.3) is 0 Å². The van der Waals surface area contributed by atoms with Crippen LogP contribution >= 0.6 is 0 Å². The summed E-state index contributed by atoms with van der Waals surface area (Å²) in [6.45, 7) is 6.79. The molecule has 0 aliphatic carbocycles. The number of rotatable bonds is 4. The van der Waals surface area contributed by atoms with Gasteiger partial charge in [0.15, 0.2) is 11.6 Å². The Labute approximate surface area is 130 Å². The lowest BCUT2D eigenvalue weighted by Crippen LogP contribution is -2.31. The Hall–Kier alpha value is -2.26. The van der Waals surface area contributed by atoms with Crippen molar-refractivity contribution >= 4 is 11.6 Å². The van der Waals surface area contributed by atoms with Gasteiger partial charge in [-0.2, -0.15) is 0 Å². The van der Waals surface area contributed by atoms with Crippen molar-refractivity contribution in [1.82, 2.24) is 0 Å². The highest BCUT2D eigenvalue weighted by Crippen LogP contribution is 2.18. The third-order valence-electron chi connectivity index (χ3n) is 3.59. The highest BCUT2D eigenvalue weighted by molar-refractivity contribution is 6.10. The van der Waals surface area contributed by atoms with E-state index in [0.717, 1.165) is 11.1 Å². The molecule has 0 fully saturated rings. The molecule has 0 aromatic heterocycles. The molecule has 0 saturated carbocycles. The van der Waals surface area contributed by atoms with Crippen LogP contribution in [0.5, 0.6) is 0 Å².